The second-order valence-electron chi connectivity index (χ2n) is 24.0. The number of nitrogen functional groups attached to an aromatic ring is 2. The first kappa shape index (κ1) is 85.2. The van der Waals surface area contributed by atoms with E-state index in [1.165, 1.54) is 58.0 Å². The van der Waals surface area contributed by atoms with Crippen LogP contribution in [-0.2, 0) is 75.3 Å². The molecule has 2 aromatic heterocycles. The zero-order chi connectivity index (χ0) is 73.5. The lowest BCUT2D eigenvalue weighted by Crippen LogP contribution is -2.40. The Hall–Kier alpha value is -4.45. The van der Waals surface area contributed by atoms with Crippen LogP contribution in [0.2, 0.25) is 0 Å². The molecular formula is C59H91ClN12O19P6S2+2. The molecule has 3 aromatic carbocycles. The van der Waals surface area contributed by atoms with Gasteiger partial charge in [-0.1, -0.05) is 122 Å². The van der Waals surface area contributed by atoms with E-state index in [1.807, 2.05) is 87.5 Å². The van der Waals surface area contributed by atoms with Gasteiger partial charge < -0.3 is 60.7 Å². The highest BCUT2D eigenvalue weighted by atomic mass is 35.7. The van der Waals surface area contributed by atoms with Crippen LogP contribution in [0.15, 0.2) is 125 Å². The number of ether oxygens (including phenoxy) is 4. The van der Waals surface area contributed by atoms with Crippen molar-refractivity contribution in [1.29, 1.82) is 0 Å². The number of benzene rings is 3. The molecular weight excluding hydrogens is 1470 g/mol. The smallest absolute Gasteiger partial charge is 0.383 e. The lowest BCUT2D eigenvalue weighted by Gasteiger charge is -2.28. The summed E-state index contributed by atoms with van der Waals surface area (Å²) >= 11 is 8.52. The summed E-state index contributed by atoms with van der Waals surface area (Å²) in [6.07, 6.45) is -0.287. The van der Waals surface area contributed by atoms with Crippen molar-refractivity contribution in [3.63, 3.8) is 0 Å². The Kier molecular flexibility index (Phi) is 33.9. The first-order valence-corrected chi connectivity index (χ1v) is 46.4. The number of hydrogen-bond donors (Lipinski definition) is 10. The highest BCUT2D eigenvalue weighted by Gasteiger charge is 2.39. The van der Waals surface area contributed by atoms with E-state index < -0.39 is 117 Å². The zero-order valence-electron chi connectivity index (χ0n) is 56.5. The standard InChI is InChI=1S/C21H29N4O7P.C14H22NO3P2S.C11H18N5O7P.C11H17N2OP.C2H4ClOPS/c1-14(11-21(2,3)15-7-5-4-6-8-15)19(26)24-33(28,29)31-13-18-30-12-17(32-18)25-10-9-16(22)23-20(25)27;1-12(14(16)11-20(17)18-9-10-21-20)15-19(2,3)13-7-5-4-6-8-13;1-6(12)10(17)15-24(19,20)22-5-9-21-4-8(23-9)16-3-2-7(13)14-11(16)18;1-9(11(12)14)13-15(2,3)10-7-5-4-6-8-10;3-5-4-1-2-6-5/h4-10,14,17-18H,11-13H2,1-3H3,(H2,22,23,27)(H2,24,26,28,29);4-8,12,15H,9-11H2,1-3H3;2-3,6,8-9H,4-5,12H2,1H3,(H2,13,14,18)(H2,15,17,19,20);4-9,13H,1-3H3,(H-,12,14);1-2H2/q;+1;;;/p+1/t14-,17+,18+;12-,20?;6-,8-,9-;9-;/m1000./s1. The number of carbonyl (C=O) groups excluding carboxylic acids is 4. The Morgan fingerprint density at radius 2 is 1.17 bits per heavy atom. The van der Waals surface area contributed by atoms with Crippen molar-refractivity contribution in [3.8, 4) is 0 Å². The Bertz CT molecular complexity index is 3700. The summed E-state index contributed by atoms with van der Waals surface area (Å²) in [7, 11) is -11.9. The summed E-state index contributed by atoms with van der Waals surface area (Å²) in [6, 6.07) is 31.3. The highest BCUT2D eigenvalue weighted by molar-refractivity contribution is 8.61. The molecule has 14 N–H and O–H groups in total. The van der Waals surface area contributed by atoms with Crippen molar-refractivity contribution >= 4 is 123 Å². The van der Waals surface area contributed by atoms with Gasteiger partial charge in [-0.25, -0.2) is 18.7 Å². The van der Waals surface area contributed by atoms with Crippen LogP contribution in [0.3, 0.4) is 0 Å². The molecule has 0 saturated carbocycles. The van der Waals surface area contributed by atoms with Gasteiger partial charge in [-0.3, -0.25) is 52.1 Å². The minimum Gasteiger partial charge on any atom is -0.383 e. The van der Waals surface area contributed by atoms with Gasteiger partial charge in [-0.05, 0) is 74.6 Å². The van der Waals surface area contributed by atoms with Gasteiger partial charge in [0, 0.05) is 29.8 Å². The highest BCUT2D eigenvalue weighted by Crippen LogP contribution is 2.63. The van der Waals surface area contributed by atoms with Crippen molar-refractivity contribution in [2.24, 2.45) is 17.4 Å². The van der Waals surface area contributed by atoms with Gasteiger partial charge in [-0.2, -0.15) is 20.1 Å². The molecule has 99 heavy (non-hydrogen) atoms. The quantitative estimate of drug-likeness (QED) is 0.0282. The Morgan fingerprint density at radius 1 is 0.727 bits per heavy atom. The fourth-order valence-corrected chi connectivity index (χ4v) is 22.1. The number of primary amides is 1. The van der Waals surface area contributed by atoms with Crippen LogP contribution >= 0.6 is 77.6 Å². The first-order chi connectivity index (χ1) is 46.3. The number of amides is 3. The number of halogens is 1. The summed E-state index contributed by atoms with van der Waals surface area (Å²) in [5.41, 5.74) is 20.9. The average Bonchev–Trinajstić information content (AvgIpc) is 1.77. The average molecular weight is 1560 g/mol. The molecule has 0 bridgehead atoms. The zero-order valence-corrected chi connectivity index (χ0v) is 64.2. The molecule has 0 radical (unpaired) electrons. The number of nitrogens with two attached hydrogens (primary N) is 4. The Labute approximate surface area is 590 Å². The normalized spacial score (nSPS) is 22.2. The largest absolute Gasteiger partial charge is 0.432 e. The Balaban J connectivity index is 0.000000238. The summed E-state index contributed by atoms with van der Waals surface area (Å²) in [5.74, 6) is -0.380. The van der Waals surface area contributed by atoms with E-state index in [1.54, 1.807) is 30.3 Å². The van der Waals surface area contributed by atoms with Crippen molar-refractivity contribution in [2.75, 3.05) is 95.4 Å². The fraction of sp³-hybridized carbons (Fsp3) is 0.492. The number of anilines is 2. The maximum atomic E-state index is 12.5. The maximum Gasteiger partial charge on any atom is 0.432 e. The summed E-state index contributed by atoms with van der Waals surface area (Å²) < 4.78 is 80.1. The molecule has 6 heterocycles. The third kappa shape index (κ3) is 29.3. The van der Waals surface area contributed by atoms with E-state index in [-0.39, 0.29) is 60.2 Å². The number of aromatic nitrogens is 4. The van der Waals surface area contributed by atoms with Gasteiger partial charge in [0.2, 0.25) is 17.7 Å². The van der Waals surface area contributed by atoms with Gasteiger partial charge in [0.1, 0.15) is 56.3 Å². The lowest BCUT2D eigenvalue weighted by molar-refractivity contribution is -0.124. The molecule has 12 atom stereocenters. The third-order valence-electron chi connectivity index (χ3n) is 14.5. The SMILES string of the molecule is C[C@H](CC(C)(C)c1ccccc1)C(=O)NP(=O)(O)OC[C@H]1OC[C@@H](n2ccc(N)nc2=O)O1.C[C@H](N)C(=O)NP(=O)(O)OC[C@H]1OC[C@@H](n2ccc(N)nc2=O)O1.C[C@H](N[P+](C)(C)c1ccccc1)C(=O)CP1(=O)OCCS1.C[C@H](N[P+](C)(C)c1ccccc1)C(N)=O.ClP1OCCS1. The van der Waals surface area contributed by atoms with Crippen LogP contribution in [0, 0.1) is 5.92 Å². The Morgan fingerprint density at radius 3 is 1.56 bits per heavy atom. The number of Topliss-reactive ketones (excluding diaryl/α,β-unsaturated/α-hetero) is 1. The van der Waals surface area contributed by atoms with Crippen LogP contribution in [-0.4, -0.2) is 167 Å². The van der Waals surface area contributed by atoms with E-state index in [0.717, 1.165) is 28.2 Å². The van der Waals surface area contributed by atoms with Crippen LogP contribution in [0.4, 0.5) is 11.6 Å². The molecule has 4 fully saturated rings. The molecule has 4 unspecified atom stereocenters. The van der Waals surface area contributed by atoms with Crippen LogP contribution in [0.1, 0.15) is 66.0 Å². The predicted octanol–water partition coefficient (Wildman–Crippen LogP) is 6.40. The molecule has 5 aromatic rings. The molecule has 4 aliphatic rings. The molecule has 4 saturated heterocycles. The van der Waals surface area contributed by atoms with Crippen molar-refractivity contribution < 1.29 is 79.7 Å². The van der Waals surface area contributed by atoms with Crippen LogP contribution in [0.25, 0.3) is 0 Å². The molecule has 548 valence electrons. The number of nitrogens with one attached hydrogen (secondary N) is 4. The second-order valence-corrected chi connectivity index (χ2v) is 43.9. The van der Waals surface area contributed by atoms with Gasteiger partial charge in [0.05, 0.1) is 71.3 Å². The molecule has 4 aliphatic heterocycles. The van der Waals surface area contributed by atoms with E-state index in [2.05, 4.69) is 76.2 Å². The third-order valence-corrected chi connectivity index (χ3v) is 29.8. The lowest BCUT2D eigenvalue weighted by atomic mass is 9.77. The van der Waals surface area contributed by atoms with Crippen LogP contribution in [0.5, 0.6) is 0 Å². The van der Waals surface area contributed by atoms with Crippen molar-refractivity contribution in [2.45, 2.75) is 96.5 Å². The van der Waals surface area contributed by atoms with Crippen molar-refractivity contribution in [1.82, 2.24) is 39.5 Å². The van der Waals surface area contributed by atoms with E-state index in [9.17, 15) is 52.2 Å². The molecule has 0 spiro atoms. The number of rotatable bonds is 25. The van der Waals surface area contributed by atoms with Crippen molar-refractivity contribution in [3.05, 3.63) is 142 Å². The maximum absolute atomic E-state index is 12.5. The molecule has 0 aliphatic carbocycles. The predicted molar refractivity (Wildman–Crippen MR) is 391 cm³/mol. The molecule has 9 rings (SSSR count). The number of ketones is 1. The second kappa shape index (κ2) is 39.4. The number of hydrogen-bond acceptors (Lipinski definition) is 26. The van der Waals surface area contributed by atoms with Gasteiger partial charge in [0.25, 0.3) is 6.57 Å². The first-order valence-electron chi connectivity index (χ1n) is 30.7. The molecule has 31 nitrogen and oxygen atoms in total. The topological polar surface area (TPSA) is 456 Å². The van der Waals surface area contributed by atoms with Gasteiger partial charge in [0.15, 0.2) is 37.5 Å². The minimum absolute atomic E-state index is 0.00144. The fourth-order valence-electron chi connectivity index (χ4n) is 9.31. The summed E-state index contributed by atoms with van der Waals surface area (Å²) in [6.45, 7) is 16.4. The molecule has 3 amide bonds. The number of nitrogens with zero attached hydrogens (tertiary/aromatic N) is 4. The number of carbonyl (C=O) groups is 4. The monoisotopic (exact) mass is 1560 g/mol. The van der Waals surface area contributed by atoms with E-state index >= 15 is 0 Å². The van der Waals surface area contributed by atoms with E-state index in [0.29, 0.717) is 13.0 Å². The van der Waals surface area contributed by atoms with Gasteiger partial charge in [-0.15, -0.1) is 0 Å². The minimum atomic E-state index is -4.46. The summed E-state index contributed by atoms with van der Waals surface area (Å²) in [5, 5.41) is 13.1. The molecule has 40 heteroatoms. The van der Waals surface area contributed by atoms with E-state index in [4.69, 9.17) is 71.2 Å². The van der Waals surface area contributed by atoms with Gasteiger partial charge >= 0.3 is 26.9 Å². The summed E-state index contributed by atoms with van der Waals surface area (Å²) in [4.78, 5) is 97.4. The van der Waals surface area contributed by atoms with Crippen LogP contribution < -0.4 is 65.3 Å².